The van der Waals surface area contributed by atoms with E-state index in [2.05, 4.69) is 27.2 Å². The largest absolute Gasteiger partial charge is 3.00 e. The molecule has 0 amide bonds. The molecule has 1 aliphatic rings. The molecule has 1 radical (unpaired) electrons. The first-order chi connectivity index (χ1) is 8.69. The Labute approximate surface area is 155 Å². The van der Waals surface area contributed by atoms with Crippen molar-refractivity contribution < 1.29 is 21.7 Å². The van der Waals surface area contributed by atoms with Crippen LogP contribution in [0.2, 0.25) is 0 Å². The summed E-state index contributed by atoms with van der Waals surface area (Å²) in [6.07, 6.45) is 13.1. The van der Waals surface area contributed by atoms with Gasteiger partial charge in [-0.25, -0.2) is 0 Å². The van der Waals surface area contributed by atoms with Crippen molar-refractivity contribution in [3.05, 3.63) is 20.5 Å². The minimum absolute atomic E-state index is 0. The van der Waals surface area contributed by atoms with Crippen LogP contribution in [0.1, 0.15) is 71.6 Å². The third-order valence-corrected chi connectivity index (χ3v) is 6.96. The predicted molar refractivity (Wildman–Crippen MR) is 104 cm³/mol. The van der Waals surface area contributed by atoms with Gasteiger partial charge in [-0.3, -0.25) is 14.2 Å². The third-order valence-electron chi connectivity index (χ3n) is 4.64. The van der Waals surface area contributed by atoms with Gasteiger partial charge in [-0.05, 0) is 18.7 Å². The van der Waals surface area contributed by atoms with Crippen LogP contribution in [0.4, 0.5) is 0 Å². The first kappa shape index (κ1) is 27.4. The Morgan fingerprint density at radius 3 is 1.95 bits per heavy atom. The Kier molecular flexibility index (Phi) is 19.7. The Balaban J connectivity index is -0.00000108. The second-order valence-electron chi connectivity index (χ2n) is 6.13. The van der Waals surface area contributed by atoms with E-state index in [0.29, 0.717) is 5.41 Å². The van der Waals surface area contributed by atoms with Crippen molar-refractivity contribution in [1.82, 2.24) is 0 Å². The summed E-state index contributed by atoms with van der Waals surface area (Å²) in [5.74, 6) is 0. The summed E-state index contributed by atoms with van der Waals surface area (Å²) in [7, 11) is 2.25. The fraction of sp³-hybridized carbons (Fsp3) is 0.833. The topological polar surface area (TPSA) is 0 Å². The van der Waals surface area contributed by atoms with Crippen LogP contribution in [0.25, 0.3) is 0 Å². The molecule has 0 aromatic heterocycles. The van der Waals surface area contributed by atoms with Gasteiger partial charge in [0.05, 0.1) is 0 Å². The maximum Gasteiger partial charge on any atom is 3.00 e. The summed E-state index contributed by atoms with van der Waals surface area (Å²) < 4.78 is 0. The number of hydrogen-bond acceptors (Lipinski definition) is 0. The van der Waals surface area contributed by atoms with Crippen molar-refractivity contribution in [1.29, 1.82) is 0 Å². The van der Waals surface area contributed by atoms with E-state index in [1.807, 2.05) is 5.66 Å². The van der Waals surface area contributed by atoms with Crippen molar-refractivity contribution in [2.24, 2.45) is 5.41 Å². The molecule has 0 aromatic rings. The van der Waals surface area contributed by atoms with Crippen LogP contribution < -0.4 is 0 Å². The van der Waals surface area contributed by atoms with Crippen molar-refractivity contribution in [3.63, 3.8) is 0 Å². The SMILES string of the molecule is CCCCC1(CCCC)C[C-](PC)CC(PC)C1.[CH3-].[CH3-].[Ti+3]. The Morgan fingerprint density at radius 1 is 1.05 bits per heavy atom. The third kappa shape index (κ3) is 9.45. The Bertz CT molecular complexity index is 199. The molecule has 0 N–H and O–H groups in total. The van der Waals surface area contributed by atoms with E-state index in [4.69, 9.17) is 0 Å². The monoisotopic (exact) mass is 365 g/mol. The number of unbranched alkanes of at least 4 members (excludes halogenated alkanes) is 2. The van der Waals surface area contributed by atoms with Crippen LogP contribution >= 0.6 is 17.2 Å². The summed E-state index contributed by atoms with van der Waals surface area (Å²) in [6.45, 7) is 9.53. The predicted octanol–water partition coefficient (Wildman–Crippen LogP) is 6.95. The molecule has 125 valence electrons. The maximum atomic E-state index is 2.43. The van der Waals surface area contributed by atoms with Crippen LogP contribution in [0.3, 0.4) is 0 Å². The van der Waals surface area contributed by atoms with E-state index in [-0.39, 0.29) is 36.6 Å². The summed E-state index contributed by atoms with van der Waals surface area (Å²) in [5.41, 5.74) is 3.64. The zero-order chi connectivity index (χ0) is 13.4. The summed E-state index contributed by atoms with van der Waals surface area (Å²) in [6, 6.07) is 0. The molecule has 0 heterocycles. The fourth-order valence-electron chi connectivity index (χ4n) is 3.49. The van der Waals surface area contributed by atoms with E-state index < -0.39 is 0 Å². The van der Waals surface area contributed by atoms with E-state index in [1.54, 1.807) is 0 Å². The molecule has 1 aliphatic carbocycles. The molecule has 3 heteroatoms. The van der Waals surface area contributed by atoms with Crippen molar-refractivity contribution in [2.45, 2.75) is 77.3 Å². The van der Waals surface area contributed by atoms with Crippen molar-refractivity contribution in [3.8, 4) is 0 Å². The molecular weight excluding hydrogens is 326 g/mol. The summed E-state index contributed by atoms with van der Waals surface area (Å²) in [5, 5.41) is 0. The van der Waals surface area contributed by atoms with Gasteiger partial charge in [0.25, 0.3) is 0 Å². The molecule has 1 saturated carbocycles. The van der Waals surface area contributed by atoms with Gasteiger partial charge in [-0.2, -0.15) is 12.8 Å². The molecule has 0 aliphatic heterocycles. The quantitative estimate of drug-likeness (QED) is 0.248. The second-order valence-corrected chi connectivity index (χ2v) is 8.73. The molecule has 0 spiro atoms. The standard InChI is InChI=1S/C16H33P2.2CH3.Ti/c1-5-7-9-16(10-8-6-2)12-14(17-3)11-15(13-16)18-4;;;/h14,17-18H,5-13H2,1-4H3;2*1H3;/q3*-1;+3. The summed E-state index contributed by atoms with van der Waals surface area (Å²) in [4.78, 5) is 0. The molecule has 0 bridgehead atoms. The molecule has 1 fully saturated rings. The zero-order valence-corrected chi connectivity index (χ0v) is 19.0. The average Bonchev–Trinajstić information content (AvgIpc) is 2.42. The van der Waals surface area contributed by atoms with Crippen LogP contribution in [0.5, 0.6) is 0 Å². The van der Waals surface area contributed by atoms with Crippen molar-refractivity contribution >= 4 is 17.2 Å². The Morgan fingerprint density at radius 2 is 1.57 bits per heavy atom. The van der Waals surface area contributed by atoms with Gasteiger partial charge in [-0.15, -0.1) is 8.58 Å². The average molecular weight is 365 g/mol. The van der Waals surface area contributed by atoms with Crippen molar-refractivity contribution in [2.75, 3.05) is 13.3 Å². The van der Waals surface area contributed by atoms with Gasteiger partial charge in [-0.1, -0.05) is 64.5 Å². The summed E-state index contributed by atoms with van der Waals surface area (Å²) >= 11 is 0. The molecule has 3 atom stereocenters. The van der Waals surface area contributed by atoms with E-state index >= 15 is 0 Å². The molecule has 21 heavy (non-hydrogen) atoms. The van der Waals surface area contributed by atoms with Crippen LogP contribution in [0, 0.1) is 25.9 Å². The maximum absolute atomic E-state index is 2.43. The van der Waals surface area contributed by atoms with Gasteiger partial charge < -0.3 is 14.9 Å². The molecule has 0 saturated heterocycles. The Hall–Kier alpha value is 1.57. The zero-order valence-electron chi connectivity index (χ0n) is 15.4. The van der Waals surface area contributed by atoms with E-state index in [9.17, 15) is 0 Å². The van der Waals surface area contributed by atoms with Crippen LogP contribution in [0.15, 0.2) is 0 Å². The normalized spacial score (nSPS) is 22.0. The van der Waals surface area contributed by atoms with Gasteiger partial charge in [0.2, 0.25) is 0 Å². The molecular formula is C18H39P2Ti. The molecule has 0 nitrogen and oxygen atoms in total. The van der Waals surface area contributed by atoms with Gasteiger partial charge in [0.1, 0.15) is 0 Å². The number of hydrogen-bond donors (Lipinski definition) is 0. The van der Waals surface area contributed by atoms with E-state index in [0.717, 1.165) is 22.8 Å². The molecule has 3 unspecified atom stereocenters. The smallest absolute Gasteiger partial charge is 0.358 e. The van der Waals surface area contributed by atoms with Gasteiger partial charge in [0, 0.05) is 0 Å². The molecule has 1 rings (SSSR count). The van der Waals surface area contributed by atoms with E-state index in [1.165, 1.54) is 57.8 Å². The first-order valence-electron chi connectivity index (χ1n) is 7.89. The van der Waals surface area contributed by atoms with Gasteiger partial charge >= 0.3 is 21.7 Å². The fourth-order valence-corrected chi connectivity index (χ4v) is 5.79. The molecule has 0 aromatic carbocycles. The minimum atomic E-state index is 0. The van der Waals surface area contributed by atoms with Gasteiger partial charge in [0.15, 0.2) is 0 Å². The number of rotatable bonds is 8. The minimum Gasteiger partial charge on any atom is -0.358 e. The van der Waals surface area contributed by atoms with Crippen LogP contribution in [-0.2, 0) is 21.7 Å². The van der Waals surface area contributed by atoms with Crippen LogP contribution in [-0.4, -0.2) is 19.0 Å². The second kappa shape index (κ2) is 15.1. The first-order valence-corrected chi connectivity index (χ1v) is 11.0.